The molecule has 6 heteroatoms. The first-order chi connectivity index (χ1) is 14.3. The molecule has 4 heterocycles. The topological polar surface area (TPSA) is 56.1 Å². The third-order valence-corrected chi connectivity index (χ3v) is 7.22. The number of nitrogens with zero attached hydrogens (tertiary/aromatic N) is 5. The maximum Gasteiger partial charge on any atom is 0.187 e. The van der Waals surface area contributed by atoms with E-state index in [0.717, 1.165) is 45.9 Å². The zero-order chi connectivity index (χ0) is 19.6. The van der Waals surface area contributed by atoms with Crippen LogP contribution in [-0.4, -0.2) is 47.1 Å². The van der Waals surface area contributed by atoms with E-state index in [0.29, 0.717) is 5.56 Å². The van der Waals surface area contributed by atoms with Crippen LogP contribution >= 0.6 is 11.3 Å². The van der Waals surface area contributed by atoms with Crippen molar-refractivity contribution < 1.29 is 0 Å². The van der Waals surface area contributed by atoms with Gasteiger partial charge < -0.3 is 9.80 Å². The van der Waals surface area contributed by atoms with E-state index in [4.69, 9.17) is 15.2 Å². The van der Waals surface area contributed by atoms with Crippen molar-refractivity contribution in [2.45, 2.75) is 38.1 Å². The highest BCUT2D eigenvalue weighted by Gasteiger charge is 2.27. The number of fused-ring (bicyclic) bond motifs is 1. The van der Waals surface area contributed by atoms with Gasteiger partial charge >= 0.3 is 0 Å². The molecule has 0 unspecified atom stereocenters. The number of aromatic nitrogens is 2. The van der Waals surface area contributed by atoms with Crippen LogP contribution in [0.2, 0.25) is 0 Å². The molecular formula is C23H25N5S. The zero-order valence-corrected chi connectivity index (χ0v) is 17.4. The quantitative estimate of drug-likeness (QED) is 0.635. The largest absolute Gasteiger partial charge is 0.348 e. The molecule has 0 saturated carbocycles. The molecule has 5 rings (SSSR count). The van der Waals surface area contributed by atoms with Crippen molar-refractivity contribution in [3.05, 3.63) is 42.0 Å². The second-order valence-electron chi connectivity index (χ2n) is 8.02. The van der Waals surface area contributed by atoms with Gasteiger partial charge in [-0.1, -0.05) is 29.9 Å². The summed E-state index contributed by atoms with van der Waals surface area (Å²) in [6, 6.07) is 14.6. The molecule has 5 nitrogen and oxygen atoms in total. The van der Waals surface area contributed by atoms with Crippen molar-refractivity contribution in [1.82, 2.24) is 14.9 Å². The van der Waals surface area contributed by atoms with Crippen molar-refractivity contribution in [1.29, 1.82) is 5.26 Å². The summed E-state index contributed by atoms with van der Waals surface area (Å²) in [5, 5.41) is 10.1. The predicted molar refractivity (Wildman–Crippen MR) is 118 cm³/mol. The summed E-state index contributed by atoms with van der Waals surface area (Å²) in [4.78, 5) is 15.8. The Kier molecular flexibility index (Phi) is 5.17. The molecule has 0 amide bonds. The molecule has 0 N–H and O–H groups in total. The van der Waals surface area contributed by atoms with Gasteiger partial charge in [0.05, 0.1) is 17.3 Å². The van der Waals surface area contributed by atoms with Crippen LogP contribution in [-0.2, 0) is 0 Å². The van der Waals surface area contributed by atoms with Crippen molar-refractivity contribution >= 4 is 26.8 Å². The van der Waals surface area contributed by atoms with Gasteiger partial charge in [-0.25, -0.2) is 9.97 Å². The highest BCUT2D eigenvalue weighted by Crippen LogP contribution is 2.32. The molecule has 148 valence electrons. The maximum atomic E-state index is 8.98. The Morgan fingerprint density at radius 3 is 2.38 bits per heavy atom. The lowest BCUT2D eigenvalue weighted by atomic mass is 10.0. The first kappa shape index (κ1) is 18.5. The van der Waals surface area contributed by atoms with Crippen molar-refractivity contribution in [3.8, 4) is 17.3 Å². The number of nitriles is 1. The lowest BCUT2D eigenvalue weighted by Crippen LogP contribution is -2.46. The third-order valence-electron chi connectivity index (χ3n) is 6.20. The van der Waals surface area contributed by atoms with Crippen LogP contribution in [0.15, 0.2) is 36.4 Å². The third kappa shape index (κ3) is 3.85. The summed E-state index contributed by atoms with van der Waals surface area (Å²) < 4.78 is 0. The van der Waals surface area contributed by atoms with Gasteiger partial charge in [0, 0.05) is 24.7 Å². The molecule has 29 heavy (non-hydrogen) atoms. The van der Waals surface area contributed by atoms with E-state index in [1.807, 2.05) is 30.3 Å². The Balaban J connectivity index is 1.30. The maximum absolute atomic E-state index is 8.98. The van der Waals surface area contributed by atoms with E-state index in [1.54, 1.807) is 11.3 Å². The van der Waals surface area contributed by atoms with Gasteiger partial charge in [0.15, 0.2) is 5.13 Å². The second-order valence-corrected chi connectivity index (χ2v) is 8.98. The molecular weight excluding hydrogens is 378 g/mol. The number of pyridine rings is 1. The average Bonchev–Trinajstić information content (AvgIpc) is 3.23. The van der Waals surface area contributed by atoms with Crippen LogP contribution in [0.25, 0.3) is 21.6 Å². The predicted octanol–water partition coefficient (Wildman–Crippen LogP) is 4.68. The highest BCUT2D eigenvalue weighted by molar-refractivity contribution is 7.21. The van der Waals surface area contributed by atoms with Gasteiger partial charge in [0.2, 0.25) is 0 Å². The molecule has 2 aromatic heterocycles. The fraction of sp³-hybridized carbons (Fsp3) is 0.435. The number of rotatable bonds is 3. The fourth-order valence-corrected chi connectivity index (χ4v) is 5.51. The fourth-order valence-electron chi connectivity index (χ4n) is 4.52. The van der Waals surface area contributed by atoms with Crippen LogP contribution in [0.4, 0.5) is 5.13 Å². The van der Waals surface area contributed by atoms with E-state index in [9.17, 15) is 0 Å². The lowest BCUT2D eigenvalue weighted by Gasteiger charge is -2.40. The van der Waals surface area contributed by atoms with Crippen molar-refractivity contribution in [3.63, 3.8) is 0 Å². The van der Waals surface area contributed by atoms with Crippen LogP contribution in [0, 0.1) is 11.3 Å². The monoisotopic (exact) mass is 403 g/mol. The van der Waals surface area contributed by atoms with Gasteiger partial charge in [-0.15, -0.1) is 0 Å². The van der Waals surface area contributed by atoms with Crippen LogP contribution in [0.5, 0.6) is 0 Å². The van der Waals surface area contributed by atoms with E-state index in [1.165, 1.54) is 45.2 Å². The molecule has 0 bridgehead atoms. The Hall–Kier alpha value is -2.49. The molecule has 0 atom stereocenters. The van der Waals surface area contributed by atoms with E-state index < -0.39 is 0 Å². The first-order valence-corrected chi connectivity index (χ1v) is 11.4. The average molecular weight is 404 g/mol. The summed E-state index contributed by atoms with van der Waals surface area (Å²) in [6.45, 7) is 4.74. The standard InChI is InChI=1S/C23H25N5S/c24-16-17-4-6-18(7-5-17)20-8-9-21-22(25-20)29-23(26-21)28-14-10-19(11-15-28)27-12-2-1-3-13-27/h4-9,19H,1-3,10-15H2. The summed E-state index contributed by atoms with van der Waals surface area (Å²) in [7, 11) is 0. The summed E-state index contributed by atoms with van der Waals surface area (Å²) >= 11 is 1.69. The van der Waals surface area contributed by atoms with Crippen molar-refractivity contribution in [2.75, 3.05) is 31.1 Å². The lowest BCUT2D eigenvalue weighted by molar-refractivity contribution is 0.141. The van der Waals surface area contributed by atoms with Crippen LogP contribution < -0.4 is 4.90 Å². The Labute approximate surface area is 175 Å². The number of anilines is 1. The van der Waals surface area contributed by atoms with E-state index in [2.05, 4.69) is 21.9 Å². The van der Waals surface area contributed by atoms with Gasteiger partial charge in [-0.3, -0.25) is 0 Å². The molecule has 0 aliphatic carbocycles. The Morgan fingerprint density at radius 1 is 0.897 bits per heavy atom. The summed E-state index contributed by atoms with van der Waals surface area (Å²) in [6.07, 6.45) is 6.61. The van der Waals surface area contributed by atoms with Gasteiger partial charge in [-0.05, 0) is 63.0 Å². The molecule has 0 spiro atoms. The normalized spacial score (nSPS) is 18.8. The number of piperidine rings is 2. The Bertz CT molecular complexity index is 1020. The highest BCUT2D eigenvalue weighted by atomic mass is 32.1. The van der Waals surface area contributed by atoms with Gasteiger partial charge in [0.1, 0.15) is 10.3 Å². The number of hydrogen-bond donors (Lipinski definition) is 0. The van der Waals surface area contributed by atoms with E-state index in [-0.39, 0.29) is 0 Å². The van der Waals surface area contributed by atoms with E-state index >= 15 is 0 Å². The van der Waals surface area contributed by atoms with Crippen molar-refractivity contribution in [2.24, 2.45) is 0 Å². The number of benzene rings is 1. The first-order valence-electron chi connectivity index (χ1n) is 10.6. The molecule has 0 radical (unpaired) electrons. The summed E-state index contributed by atoms with van der Waals surface area (Å²) in [5.41, 5.74) is 3.60. The zero-order valence-electron chi connectivity index (χ0n) is 16.5. The van der Waals surface area contributed by atoms with Crippen LogP contribution in [0.1, 0.15) is 37.7 Å². The molecule has 2 aliphatic rings. The molecule has 2 fully saturated rings. The minimum atomic E-state index is 0.669. The molecule has 2 aliphatic heterocycles. The SMILES string of the molecule is N#Cc1ccc(-c2ccc3nc(N4CCC(N5CCCCC5)CC4)sc3n2)cc1. The van der Waals surface area contributed by atoms with Gasteiger partial charge in [0.25, 0.3) is 0 Å². The van der Waals surface area contributed by atoms with Crippen LogP contribution in [0.3, 0.4) is 0 Å². The number of thiazole rings is 1. The smallest absolute Gasteiger partial charge is 0.187 e. The Morgan fingerprint density at radius 2 is 1.66 bits per heavy atom. The summed E-state index contributed by atoms with van der Waals surface area (Å²) in [5.74, 6) is 0. The second kappa shape index (κ2) is 8.10. The molecule has 2 saturated heterocycles. The minimum absolute atomic E-state index is 0.669. The van der Waals surface area contributed by atoms with Gasteiger partial charge in [-0.2, -0.15) is 5.26 Å². The molecule has 3 aromatic rings. The number of likely N-dealkylation sites (tertiary alicyclic amines) is 1. The molecule has 1 aromatic carbocycles. The number of hydrogen-bond acceptors (Lipinski definition) is 6. The minimum Gasteiger partial charge on any atom is -0.348 e.